The number of halogens is 4. The van der Waals surface area contributed by atoms with Crippen molar-refractivity contribution in [1.82, 2.24) is 0 Å². The maximum absolute atomic E-state index is 14.0. The Morgan fingerprint density at radius 3 is 2.40 bits per heavy atom. The summed E-state index contributed by atoms with van der Waals surface area (Å²) in [4.78, 5) is -0.184. The maximum atomic E-state index is 14.0. The van der Waals surface area contributed by atoms with Gasteiger partial charge in [0.25, 0.3) is 0 Å². The van der Waals surface area contributed by atoms with Crippen molar-refractivity contribution >= 4 is 60.4 Å². The highest BCUT2D eigenvalue weighted by atomic mass is 79.9. The summed E-state index contributed by atoms with van der Waals surface area (Å²) in [6, 6.07) is 8.07. The first kappa shape index (κ1) is 15.3. The van der Waals surface area contributed by atoms with Crippen LogP contribution in [0.5, 0.6) is 0 Å². The molecule has 0 unspecified atom stereocenters. The fraction of sp³-hybridized carbons (Fsp3) is 0. The van der Waals surface area contributed by atoms with Crippen LogP contribution in [-0.4, -0.2) is 4.99 Å². The van der Waals surface area contributed by atoms with Gasteiger partial charge < -0.3 is 11.1 Å². The van der Waals surface area contributed by atoms with Crippen molar-refractivity contribution in [3.05, 3.63) is 56.5 Å². The van der Waals surface area contributed by atoms with Crippen LogP contribution < -0.4 is 11.1 Å². The van der Waals surface area contributed by atoms with Crippen molar-refractivity contribution in [3.63, 3.8) is 0 Å². The Balaban J connectivity index is 2.42. The number of nitrogens with two attached hydrogens (primary N) is 1. The molecule has 0 radical (unpaired) electrons. The first-order valence-electron chi connectivity index (χ1n) is 5.40. The van der Waals surface area contributed by atoms with Gasteiger partial charge in [0.15, 0.2) is 11.6 Å². The molecule has 104 valence electrons. The Morgan fingerprint density at radius 1 is 1.05 bits per heavy atom. The summed E-state index contributed by atoms with van der Waals surface area (Å²) in [5, 5.41) is 2.81. The molecule has 0 saturated heterocycles. The number of nitrogens with one attached hydrogen (secondary N) is 1. The molecule has 0 heterocycles. The molecule has 0 atom stereocenters. The second-order valence-electron chi connectivity index (χ2n) is 3.90. The van der Waals surface area contributed by atoms with Crippen LogP contribution in [0.3, 0.4) is 0 Å². The third kappa shape index (κ3) is 3.16. The standard InChI is InChI=1S/C13H8Br2F2N2S/c14-6-1-3-8(15)10(5-6)19-9-4-2-7(13(18)20)11(16)12(9)17/h1-5,19H,(H2,18,20). The molecule has 2 nitrogen and oxygen atoms in total. The smallest absolute Gasteiger partial charge is 0.182 e. The van der Waals surface area contributed by atoms with Crippen molar-refractivity contribution < 1.29 is 8.78 Å². The number of hydrogen-bond acceptors (Lipinski definition) is 2. The monoisotopic (exact) mass is 420 g/mol. The van der Waals surface area contributed by atoms with Crippen LogP contribution >= 0.6 is 44.1 Å². The Morgan fingerprint density at radius 2 is 1.75 bits per heavy atom. The van der Waals surface area contributed by atoms with E-state index in [0.717, 1.165) is 8.95 Å². The molecule has 0 aliphatic carbocycles. The zero-order chi connectivity index (χ0) is 14.9. The topological polar surface area (TPSA) is 38.0 Å². The van der Waals surface area contributed by atoms with E-state index in [2.05, 4.69) is 49.4 Å². The molecular formula is C13H8Br2F2N2S. The van der Waals surface area contributed by atoms with Gasteiger partial charge in [0.1, 0.15) is 4.99 Å². The first-order chi connectivity index (χ1) is 9.40. The van der Waals surface area contributed by atoms with E-state index in [-0.39, 0.29) is 16.2 Å². The van der Waals surface area contributed by atoms with E-state index in [1.807, 2.05) is 6.07 Å². The molecule has 0 aliphatic rings. The van der Waals surface area contributed by atoms with Crippen LogP contribution in [0.1, 0.15) is 5.56 Å². The van der Waals surface area contributed by atoms with Gasteiger partial charge in [0.05, 0.1) is 11.4 Å². The minimum Gasteiger partial charge on any atom is -0.389 e. The van der Waals surface area contributed by atoms with E-state index in [9.17, 15) is 8.78 Å². The number of thiocarbonyl (C=S) groups is 1. The van der Waals surface area contributed by atoms with E-state index >= 15 is 0 Å². The molecule has 3 N–H and O–H groups in total. The molecule has 0 aliphatic heterocycles. The van der Waals surface area contributed by atoms with E-state index in [1.54, 1.807) is 12.1 Å². The highest BCUT2D eigenvalue weighted by Gasteiger charge is 2.15. The number of rotatable bonds is 3. The molecule has 0 fully saturated rings. The van der Waals surface area contributed by atoms with Crippen molar-refractivity contribution in [3.8, 4) is 0 Å². The van der Waals surface area contributed by atoms with Gasteiger partial charge in [-0.05, 0) is 46.3 Å². The van der Waals surface area contributed by atoms with Gasteiger partial charge in [0, 0.05) is 14.5 Å². The van der Waals surface area contributed by atoms with E-state index in [1.165, 1.54) is 12.1 Å². The largest absolute Gasteiger partial charge is 0.389 e. The summed E-state index contributed by atoms with van der Waals surface area (Å²) in [5.41, 5.74) is 5.81. The second-order valence-corrected chi connectivity index (χ2v) is 6.11. The number of anilines is 2. The van der Waals surface area contributed by atoms with Crippen molar-refractivity contribution in [2.24, 2.45) is 5.73 Å². The number of hydrogen-bond donors (Lipinski definition) is 2. The van der Waals surface area contributed by atoms with Crippen LogP contribution in [0.4, 0.5) is 20.2 Å². The zero-order valence-electron chi connectivity index (χ0n) is 9.88. The highest BCUT2D eigenvalue weighted by molar-refractivity contribution is 9.11. The predicted molar refractivity (Wildman–Crippen MR) is 87.4 cm³/mol. The maximum Gasteiger partial charge on any atom is 0.182 e. The molecular weight excluding hydrogens is 414 g/mol. The van der Waals surface area contributed by atoms with E-state index < -0.39 is 11.6 Å². The van der Waals surface area contributed by atoms with Gasteiger partial charge in [-0.2, -0.15) is 0 Å². The summed E-state index contributed by atoms with van der Waals surface area (Å²) < 4.78 is 29.3. The number of benzene rings is 2. The quantitative estimate of drug-likeness (QED) is 0.694. The summed E-state index contributed by atoms with van der Waals surface area (Å²) in [5.74, 6) is -2.09. The molecule has 20 heavy (non-hydrogen) atoms. The lowest BCUT2D eigenvalue weighted by atomic mass is 10.1. The lowest BCUT2D eigenvalue weighted by molar-refractivity contribution is 0.510. The summed E-state index contributed by atoms with van der Waals surface area (Å²) in [6.07, 6.45) is 0. The third-order valence-electron chi connectivity index (χ3n) is 2.55. The molecule has 0 aromatic heterocycles. The fourth-order valence-corrected chi connectivity index (χ4v) is 2.44. The van der Waals surface area contributed by atoms with Gasteiger partial charge in [-0.1, -0.05) is 28.1 Å². The third-order valence-corrected chi connectivity index (χ3v) is 3.95. The Labute approximate surface area is 136 Å². The summed E-state index contributed by atoms with van der Waals surface area (Å²) in [7, 11) is 0. The molecule has 0 amide bonds. The van der Waals surface area contributed by atoms with Crippen LogP contribution in [0, 0.1) is 11.6 Å². The van der Waals surface area contributed by atoms with Crippen molar-refractivity contribution in [2.75, 3.05) is 5.32 Å². The fourth-order valence-electron chi connectivity index (χ4n) is 1.57. The van der Waals surface area contributed by atoms with Crippen LogP contribution in [0.25, 0.3) is 0 Å². The average Bonchev–Trinajstić information content (AvgIpc) is 2.39. The first-order valence-corrected chi connectivity index (χ1v) is 7.39. The molecule has 7 heteroatoms. The molecule has 0 spiro atoms. The van der Waals surface area contributed by atoms with Gasteiger partial charge in [0.2, 0.25) is 0 Å². The van der Waals surface area contributed by atoms with Gasteiger partial charge in [-0.25, -0.2) is 8.78 Å². The van der Waals surface area contributed by atoms with Gasteiger partial charge >= 0.3 is 0 Å². The molecule has 2 aromatic rings. The van der Waals surface area contributed by atoms with E-state index in [4.69, 9.17) is 5.73 Å². The SMILES string of the molecule is NC(=S)c1ccc(Nc2cc(Br)ccc2Br)c(F)c1F. The second kappa shape index (κ2) is 6.15. The normalized spacial score (nSPS) is 10.4. The predicted octanol–water partition coefficient (Wildman–Crippen LogP) is 4.87. The van der Waals surface area contributed by atoms with Crippen molar-refractivity contribution in [2.45, 2.75) is 0 Å². The molecule has 2 rings (SSSR count). The van der Waals surface area contributed by atoms with Crippen LogP contribution in [-0.2, 0) is 0 Å². The average molecular weight is 422 g/mol. The Kier molecular flexibility index (Phi) is 4.72. The van der Waals surface area contributed by atoms with Crippen LogP contribution in [0.15, 0.2) is 39.3 Å². The van der Waals surface area contributed by atoms with Gasteiger partial charge in [-0.3, -0.25) is 0 Å². The van der Waals surface area contributed by atoms with Gasteiger partial charge in [-0.15, -0.1) is 0 Å². The Hall–Kier alpha value is -1.05. The van der Waals surface area contributed by atoms with Crippen LogP contribution in [0.2, 0.25) is 0 Å². The summed E-state index contributed by atoms with van der Waals surface area (Å²) >= 11 is 11.3. The minimum atomic E-state index is -1.06. The van der Waals surface area contributed by atoms with E-state index in [0.29, 0.717) is 5.69 Å². The van der Waals surface area contributed by atoms with Crippen molar-refractivity contribution in [1.29, 1.82) is 0 Å². The summed E-state index contributed by atoms with van der Waals surface area (Å²) in [6.45, 7) is 0. The minimum absolute atomic E-state index is 0.00120. The molecule has 0 saturated carbocycles. The molecule has 2 aromatic carbocycles. The highest BCUT2D eigenvalue weighted by Crippen LogP contribution is 2.31. The zero-order valence-corrected chi connectivity index (χ0v) is 13.9. The lowest BCUT2D eigenvalue weighted by Crippen LogP contribution is -2.13. The molecule has 0 bridgehead atoms. The Bertz CT molecular complexity index is 692. The lowest BCUT2D eigenvalue weighted by Gasteiger charge is -2.12.